The number of unbranched alkanes of at least 4 members (excludes halogenated alkanes) is 22. The van der Waals surface area contributed by atoms with Crippen LogP contribution < -0.4 is 4.89 Å². The number of esters is 2. The molecule has 0 aliphatic rings. The van der Waals surface area contributed by atoms with Crippen LogP contribution in [0.4, 0.5) is 0 Å². The van der Waals surface area contributed by atoms with Gasteiger partial charge in [-0.15, -0.1) is 0 Å². The Morgan fingerprint density at radius 1 is 0.444 bits per heavy atom. The number of quaternary nitrogens is 1. The molecule has 0 spiro atoms. The standard InChI is InChI=1S/C62H108NO8P/c1-6-8-10-12-14-16-18-19-20-21-22-23-24-25-26-27-28-29-30-31-32-33-34-35-36-37-38-39-40-41-42-43-45-47-49-51-53-55-62(65)71-60(59-70-72(66,67)69-57-56-63(3,4)5)58-68-61(64)54-52-50-48-46-44-17-15-13-11-9-7-2/h8,10,13-16,19-20,22-23,25-26,28-29,31-32,60H,6-7,9,11-12,17-18,21,24,27,30,33-59H2,1-5H3/b10-8-,15-13-,16-14-,20-19-,23-22-,26-25-,29-28-,32-31-. The number of carbonyl (C=O) groups is 2. The summed E-state index contributed by atoms with van der Waals surface area (Å²) in [5.74, 6) is -0.846. The molecule has 0 saturated heterocycles. The monoisotopic (exact) mass is 1030 g/mol. The van der Waals surface area contributed by atoms with Gasteiger partial charge in [0.1, 0.15) is 19.8 Å². The molecule has 0 aromatic carbocycles. The zero-order chi connectivity index (χ0) is 52.7. The van der Waals surface area contributed by atoms with Gasteiger partial charge in [0.2, 0.25) is 0 Å². The topological polar surface area (TPSA) is 111 Å². The Balaban J connectivity index is 4.00. The lowest BCUT2D eigenvalue weighted by Gasteiger charge is -2.28. The third-order valence-corrected chi connectivity index (χ3v) is 13.1. The summed E-state index contributed by atoms with van der Waals surface area (Å²) in [6, 6.07) is 0. The number of likely N-dealkylation sites (N-methyl/N-ethyl adjacent to an activating group) is 1. The zero-order valence-corrected chi connectivity index (χ0v) is 47.7. The van der Waals surface area contributed by atoms with Crippen LogP contribution in [0.15, 0.2) is 97.2 Å². The lowest BCUT2D eigenvalue weighted by atomic mass is 10.0. The summed E-state index contributed by atoms with van der Waals surface area (Å²) in [5, 5.41) is 0. The van der Waals surface area contributed by atoms with E-state index < -0.39 is 32.5 Å². The highest BCUT2D eigenvalue weighted by Crippen LogP contribution is 2.38. The second-order valence-corrected chi connectivity index (χ2v) is 21.7. The lowest BCUT2D eigenvalue weighted by Crippen LogP contribution is -2.37. The Bertz CT molecular complexity index is 1540. The second kappa shape index (κ2) is 52.8. The number of nitrogens with zero attached hydrogens (tertiary/aromatic N) is 1. The van der Waals surface area contributed by atoms with E-state index in [9.17, 15) is 19.0 Å². The van der Waals surface area contributed by atoms with Gasteiger partial charge < -0.3 is 27.9 Å². The van der Waals surface area contributed by atoms with Crippen molar-refractivity contribution < 1.29 is 42.1 Å². The Morgan fingerprint density at radius 3 is 1.19 bits per heavy atom. The van der Waals surface area contributed by atoms with E-state index in [0.717, 1.165) is 109 Å². The molecule has 72 heavy (non-hydrogen) atoms. The maximum Gasteiger partial charge on any atom is 0.306 e. The summed E-state index contributed by atoms with van der Waals surface area (Å²) >= 11 is 0. The first-order valence-electron chi connectivity index (χ1n) is 28.9. The Kier molecular flexibility index (Phi) is 50.5. The predicted molar refractivity (Wildman–Crippen MR) is 305 cm³/mol. The van der Waals surface area contributed by atoms with Crippen LogP contribution in [0.2, 0.25) is 0 Å². The van der Waals surface area contributed by atoms with Gasteiger partial charge in [-0.3, -0.25) is 14.2 Å². The van der Waals surface area contributed by atoms with Crippen LogP contribution in [0.1, 0.15) is 232 Å². The molecule has 2 unspecified atom stereocenters. The predicted octanol–water partition coefficient (Wildman–Crippen LogP) is 17.4. The van der Waals surface area contributed by atoms with Crippen LogP contribution in [0.5, 0.6) is 0 Å². The Labute approximate surface area is 443 Å². The first kappa shape index (κ1) is 68.9. The van der Waals surface area contributed by atoms with Gasteiger partial charge >= 0.3 is 11.9 Å². The van der Waals surface area contributed by atoms with E-state index in [1.54, 1.807) is 0 Å². The van der Waals surface area contributed by atoms with Gasteiger partial charge in [-0.25, -0.2) is 0 Å². The maximum atomic E-state index is 12.8. The minimum absolute atomic E-state index is 0.0347. The molecular formula is C62H108NO8P. The third-order valence-electron chi connectivity index (χ3n) is 12.1. The summed E-state index contributed by atoms with van der Waals surface area (Å²) in [4.78, 5) is 37.7. The van der Waals surface area contributed by atoms with Crippen molar-refractivity contribution in [1.29, 1.82) is 0 Å². The summed E-state index contributed by atoms with van der Waals surface area (Å²) in [6.07, 6.45) is 71.9. The Hall–Kier alpha value is -3.07. The van der Waals surface area contributed by atoms with Crippen molar-refractivity contribution in [3.63, 3.8) is 0 Å². The molecule has 414 valence electrons. The van der Waals surface area contributed by atoms with E-state index in [2.05, 4.69) is 111 Å². The molecule has 0 aliphatic heterocycles. The number of ether oxygens (including phenoxy) is 2. The van der Waals surface area contributed by atoms with Crippen LogP contribution in [0.25, 0.3) is 0 Å². The van der Waals surface area contributed by atoms with Gasteiger partial charge in [0.15, 0.2) is 6.10 Å². The first-order valence-corrected chi connectivity index (χ1v) is 30.4. The second-order valence-electron chi connectivity index (χ2n) is 20.3. The van der Waals surface area contributed by atoms with E-state index in [1.165, 1.54) is 89.9 Å². The highest BCUT2D eigenvalue weighted by Gasteiger charge is 2.21. The SMILES string of the molecule is CC/C=C\C/C=C\C/C=C\C/C=C\C/C=C\C/C=C\C/C=C\CCCCCCCCCCCCCCCCCC(=O)OC(COC(=O)CCCCCCC/C=C\CCCC)COP(=O)([O-])OCC[N+](C)(C)C. The summed E-state index contributed by atoms with van der Waals surface area (Å²) in [7, 11) is 1.16. The number of hydrogen-bond donors (Lipinski definition) is 0. The molecule has 0 aliphatic carbocycles. The molecule has 0 amide bonds. The van der Waals surface area contributed by atoms with E-state index in [1.807, 2.05) is 21.1 Å². The normalized spacial score (nSPS) is 14.0. The zero-order valence-electron chi connectivity index (χ0n) is 46.8. The van der Waals surface area contributed by atoms with E-state index in [0.29, 0.717) is 17.4 Å². The molecule has 0 bridgehead atoms. The number of hydrogen-bond acceptors (Lipinski definition) is 8. The van der Waals surface area contributed by atoms with Crippen molar-refractivity contribution in [2.75, 3.05) is 47.5 Å². The molecule has 0 fully saturated rings. The largest absolute Gasteiger partial charge is 0.756 e. The van der Waals surface area contributed by atoms with E-state index >= 15 is 0 Å². The van der Waals surface area contributed by atoms with Gasteiger partial charge in [0, 0.05) is 12.8 Å². The molecular weight excluding hydrogens is 918 g/mol. The summed E-state index contributed by atoms with van der Waals surface area (Å²) < 4.78 is 34.0. The van der Waals surface area contributed by atoms with Crippen molar-refractivity contribution in [2.45, 2.75) is 238 Å². The van der Waals surface area contributed by atoms with Gasteiger partial charge in [-0.05, 0) is 89.9 Å². The average Bonchev–Trinajstić information content (AvgIpc) is 3.34. The van der Waals surface area contributed by atoms with Gasteiger partial charge in [-0.2, -0.15) is 0 Å². The van der Waals surface area contributed by atoms with Crippen molar-refractivity contribution in [3.8, 4) is 0 Å². The van der Waals surface area contributed by atoms with Crippen LogP contribution >= 0.6 is 7.82 Å². The van der Waals surface area contributed by atoms with Gasteiger partial charge in [0.05, 0.1) is 27.7 Å². The third kappa shape index (κ3) is 56.2. The van der Waals surface area contributed by atoms with Crippen molar-refractivity contribution >= 4 is 19.8 Å². The number of allylic oxidation sites excluding steroid dienone is 16. The number of phosphoric acid groups is 1. The first-order chi connectivity index (χ1) is 35.0. The molecule has 0 saturated carbocycles. The van der Waals surface area contributed by atoms with Crippen molar-refractivity contribution in [3.05, 3.63) is 97.2 Å². The fourth-order valence-electron chi connectivity index (χ4n) is 7.62. The van der Waals surface area contributed by atoms with E-state index in [4.69, 9.17) is 18.5 Å². The highest BCUT2D eigenvalue weighted by molar-refractivity contribution is 7.45. The molecule has 2 atom stereocenters. The summed E-state index contributed by atoms with van der Waals surface area (Å²) in [5.41, 5.74) is 0. The molecule has 0 aromatic rings. The number of rotatable bonds is 52. The Morgan fingerprint density at radius 2 is 0.792 bits per heavy atom. The van der Waals surface area contributed by atoms with Gasteiger partial charge in [0.25, 0.3) is 7.82 Å². The van der Waals surface area contributed by atoms with Crippen LogP contribution in [0.3, 0.4) is 0 Å². The fraction of sp³-hybridized carbons (Fsp3) is 0.710. The van der Waals surface area contributed by atoms with Crippen LogP contribution in [-0.2, 0) is 32.7 Å². The summed E-state index contributed by atoms with van der Waals surface area (Å²) in [6.45, 7) is 4.07. The van der Waals surface area contributed by atoms with Gasteiger partial charge in [-0.1, -0.05) is 227 Å². The molecule has 0 aromatic heterocycles. The number of carbonyl (C=O) groups excluding carboxylic acids is 2. The average molecular weight is 1030 g/mol. The number of phosphoric ester groups is 1. The van der Waals surface area contributed by atoms with Crippen molar-refractivity contribution in [1.82, 2.24) is 0 Å². The smallest absolute Gasteiger partial charge is 0.306 e. The van der Waals surface area contributed by atoms with Crippen molar-refractivity contribution in [2.24, 2.45) is 0 Å². The minimum Gasteiger partial charge on any atom is -0.756 e. The maximum absolute atomic E-state index is 12.8. The lowest BCUT2D eigenvalue weighted by molar-refractivity contribution is -0.870. The van der Waals surface area contributed by atoms with E-state index in [-0.39, 0.29) is 26.1 Å². The molecule has 0 N–H and O–H groups in total. The molecule has 0 radical (unpaired) electrons. The van der Waals surface area contributed by atoms with Crippen LogP contribution in [0, 0.1) is 0 Å². The quantitative estimate of drug-likeness (QED) is 0.0195. The molecule has 0 rings (SSSR count). The highest BCUT2D eigenvalue weighted by atomic mass is 31.2. The fourth-order valence-corrected chi connectivity index (χ4v) is 8.35. The minimum atomic E-state index is -4.63. The molecule has 10 heteroatoms. The van der Waals surface area contributed by atoms with Crippen LogP contribution in [-0.4, -0.2) is 70.0 Å². The molecule has 9 nitrogen and oxygen atoms in total. The molecule has 0 heterocycles.